The van der Waals surface area contributed by atoms with Crippen molar-refractivity contribution in [1.82, 2.24) is 10.2 Å². The summed E-state index contributed by atoms with van der Waals surface area (Å²) in [5, 5.41) is 4.48. The Kier molecular flexibility index (Phi) is 4.58. The summed E-state index contributed by atoms with van der Waals surface area (Å²) in [6.07, 6.45) is 2.22. The van der Waals surface area contributed by atoms with Crippen LogP contribution >= 0.6 is 0 Å². The lowest BCUT2D eigenvalue weighted by Crippen LogP contribution is -2.36. The molecular weight excluding hydrogens is 264 g/mol. The minimum atomic E-state index is 0.592. The van der Waals surface area contributed by atoms with Gasteiger partial charge in [0.1, 0.15) is 11.3 Å². The molecule has 2 aromatic rings. The largest absolute Gasteiger partial charge is 0.459 e. The summed E-state index contributed by atoms with van der Waals surface area (Å²) in [4.78, 5) is 2.40. The van der Waals surface area contributed by atoms with Gasteiger partial charge in [0.2, 0.25) is 0 Å². The Morgan fingerprint density at radius 3 is 2.76 bits per heavy atom. The van der Waals surface area contributed by atoms with Crippen LogP contribution in [0.2, 0.25) is 0 Å². The Morgan fingerprint density at radius 2 is 2.00 bits per heavy atom. The van der Waals surface area contributed by atoms with E-state index < -0.39 is 0 Å². The van der Waals surface area contributed by atoms with Crippen LogP contribution in [0.4, 0.5) is 0 Å². The molecule has 0 unspecified atom stereocenters. The normalized spacial score (nSPS) is 16.9. The molecule has 3 rings (SSSR count). The number of ether oxygens (including phenoxy) is 1. The number of hydrogen-bond donors (Lipinski definition) is 1. The van der Waals surface area contributed by atoms with Crippen LogP contribution in [0.25, 0.3) is 11.0 Å². The van der Waals surface area contributed by atoms with Gasteiger partial charge in [-0.15, -0.1) is 0 Å². The van der Waals surface area contributed by atoms with E-state index in [0.717, 1.165) is 50.5 Å². The second-order valence-corrected chi connectivity index (χ2v) is 5.79. The lowest BCUT2D eigenvalue weighted by molar-refractivity contribution is 0.0388. The zero-order chi connectivity index (χ0) is 14.7. The summed E-state index contributed by atoms with van der Waals surface area (Å²) < 4.78 is 11.6. The van der Waals surface area contributed by atoms with Crippen LogP contribution in [0.3, 0.4) is 0 Å². The van der Waals surface area contributed by atoms with Gasteiger partial charge in [-0.3, -0.25) is 4.90 Å². The molecule has 0 bridgehead atoms. The zero-order valence-electron chi connectivity index (χ0n) is 12.9. The Morgan fingerprint density at radius 1 is 1.24 bits per heavy atom. The third-order valence-corrected chi connectivity index (χ3v) is 4.34. The number of nitrogens with zero attached hydrogens (tertiary/aromatic N) is 1. The summed E-state index contributed by atoms with van der Waals surface area (Å²) in [5.41, 5.74) is 2.27. The van der Waals surface area contributed by atoms with Crippen LogP contribution in [0.5, 0.6) is 0 Å². The summed E-state index contributed by atoms with van der Waals surface area (Å²) in [6.45, 7) is 3.45. The number of rotatable bonds is 5. The molecule has 1 fully saturated rings. The maximum Gasteiger partial charge on any atom is 0.134 e. The van der Waals surface area contributed by atoms with Crippen LogP contribution < -0.4 is 5.32 Å². The molecule has 0 spiro atoms. The van der Waals surface area contributed by atoms with E-state index in [1.165, 1.54) is 10.9 Å². The van der Waals surface area contributed by atoms with Crippen LogP contribution in [-0.4, -0.2) is 38.3 Å². The average molecular weight is 288 g/mol. The summed E-state index contributed by atoms with van der Waals surface area (Å²) >= 11 is 0. The number of fused-ring (bicyclic) bond motifs is 1. The fourth-order valence-corrected chi connectivity index (χ4v) is 3.13. The Hall–Kier alpha value is -1.36. The van der Waals surface area contributed by atoms with Gasteiger partial charge >= 0.3 is 0 Å². The highest BCUT2D eigenvalue weighted by molar-refractivity contribution is 5.82. The van der Waals surface area contributed by atoms with Crippen LogP contribution in [0, 0.1) is 0 Å². The molecule has 4 heteroatoms. The van der Waals surface area contributed by atoms with Crippen molar-refractivity contribution in [3.63, 3.8) is 0 Å². The zero-order valence-corrected chi connectivity index (χ0v) is 12.9. The SMILES string of the molecule is CNCc1c(CN(C)C2CCOCC2)oc2ccccc12. The molecule has 0 saturated carbocycles. The summed E-state index contributed by atoms with van der Waals surface area (Å²) in [5.74, 6) is 1.08. The van der Waals surface area contributed by atoms with E-state index in [9.17, 15) is 0 Å². The Labute approximate surface area is 126 Å². The van der Waals surface area contributed by atoms with E-state index in [0.29, 0.717) is 6.04 Å². The maximum absolute atomic E-state index is 6.10. The highest BCUT2D eigenvalue weighted by Gasteiger charge is 2.21. The van der Waals surface area contributed by atoms with Crippen molar-refractivity contribution in [3.05, 3.63) is 35.6 Å². The molecule has 0 atom stereocenters. The van der Waals surface area contributed by atoms with Gasteiger partial charge in [0.25, 0.3) is 0 Å². The van der Waals surface area contributed by atoms with Crippen molar-refractivity contribution in [1.29, 1.82) is 0 Å². The van der Waals surface area contributed by atoms with Gasteiger partial charge in [0, 0.05) is 36.8 Å². The monoisotopic (exact) mass is 288 g/mol. The van der Waals surface area contributed by atoms with Gasteiger partial charge in [0.05, 0.1) is 6.54 Å². The first-order valence-electron chi connectivity index (χ1n) is 7.71. The standard InChI is InChI=1S/C17H24N2O2/c1-18-11-15-14-5-3-4-6-16(14)21-17(15)12-19(2)13-7-9-20-10-8-13/h3-6,13,18H,7-12H2,1-2H3. The van der Waals surface area contributed by atoms with Crippen molar-refractivity contribution < 1.29 is 9.15 Å². The van der Waals surface area contributed by atoms with Crippen LogP contribution in [-0.2, 0) is 17.8 Å². The lowest BCUT2D eigenvalue weighted by atomic mass is 10.1. The van der Waals surface area contributed by atoms with Crippen LogP contribution in [0.1, 0.15) is 24.2 Å². The predicted octanol–water partition coefficient (Wildman–Crippen LogP) is 2.76. The van der Waals surface area contributed by atoms with Gasteiger partial charge in [-0.1, -0.05) is 18.2 Å². The molecule has 114 valence electrons. The van der Waals surface area contributed by atoms with E-state index >= 15 is 0 Å². The Balaban J connectivity index is 1.83. The van der Waals surface area contributed by atoms with Crippen molar-refractivity contribution in [3.8, 4) is 0 Å². The molecule has 4 nitrogen and oxygen atoms in total. The highest BCUT2D eigenvalue weighted by Crippen LogP contribution is 2.27. The number of furan rings is 1. The van der Waals surface area contributed by atoms with Gasteiger partial charge in [-0.05, 0) is 33.0 Å². The molecule has 1 aliphatic heterocycles. The smallest absolute Gasteiger partial charge is 0.134 e. The third-order valence-electron chi connectivity index (χ3n) is 4.34. The van der Waals surface area contributed by atoms with Gasteiger partial charge in [-0.2, -0.15) is 0 Å². The molecule has 21 heavy (non-hydrogen) atoms. The summed E-state index contributed by atoms with van der Waals surface area (Å²) in [7, 11) is 4.17. The first-order valence-corrected chi connectivity index (χ1v) is 7.71. The van der Waals surface area contributed by atoms with E-state index in [2.05, 4.69) is 29.4 Å². The average Bonchev–Trinajstić information content (AvgIpc) is 2.86. The van der Waals surface area contributed by atoms with Gasteiger partial charge in [0.15, 0.2) is 0 Å². The quantitative estimate of drug-likeness (QED) is 0.918. The highest BCUT2D eigenvalue weighted by atomic mass is 16.5. The number of benzene rings is 1. The van der Waals surface area contributed by atoms with Crippen molar-refractivity contribution in [2.45, 2.75) is 32.0 Å². The topological polar surface area (TPSA) is 37.6 Å². The van der Waals surface area contributed by atoms with Crippen LogP contribution in [0.15, 0.2) is 28.7 Å². The molecule has 0 radical (unpaired) electrons. The van der Waals surface area contributed by atoms with Crippen molar-refractivity contribution >= 4 is 11.0 Å². The molecule has 0 aliphatic carbocycles. The number of nitrogens with one attached hydrogen (secondary N) is 1. The summed E-state index contributed by atoms with van der Waals surface area (Å²) in [6, 6.07) is 8.88. The van der Waals surface area contributed by atoms with Gasteiger partial charge < -0.3 is 14.5 Å². The maximum atomic E-state index is 6.10. The second-order valence-electron chi connectivity index (χ2n) is 5.79. The molecule has 1 aliphatic rings. The molecule has 0 amide bonds. The molecule has 1 aromatic heterocycles. The van der Waals surface area contributed by atoms with Crippen molar-refractivity contribution in [2.75, 3.05) is 27.3 Å². The molecule has 2 heterocycles. The molecule has 1 saturated heterocycles. The minimum absolute atomic E-state index is 0.592. The third kappa shape index (κ3) is 3.12. The first-order chi connectivity index (χ1) is 10.3. The Bertz CT molecular complexity index is 587. The molecule has 1 aromatic carbocycles. The van der Waals surface area contributed by atoms with E-state index in [4.69, 9.17) is 9.15 Å². The molecule has 1 N–H and O–H groups in total. The second kappa shape index (κ2) is 6.60. The fourth-order valence-electron chi connectivity index (χ4n) is 3.13. The fraction of sp³-hybridized carbons (Fsp3) is 0.529. The first kappa shape index (κ1) is 14.6. The van der Waals surface area contributed by atoms with E-state index in [1.54, 1.807) is 0 Å². The molecular formula is C17H24N2O2. The van der Waals surface area contributed by atoms with E-state index in [1.807, 2.05) is 19.2 Å². The predicted molar refractivity (Wildman–Crippen MR) is 84.3 cm³/mol. The minimum Gasteiger partial charge on any atom is -0.459 e. The van der Waals surface area contributed by atoms with Gasteiger partial charge in [-0.25, -0.2) is 0 Å². The lowest BCUT2D eigenvalue weighted by Gasteiger charge is -2.30. The van der Waals surface area contributed by atoms with E-state index in [-0.39, 0.29) is 0 Å². The van der Waals surface area contributed by atoms with Crippen molar-refractivity contribution in [2.24, 2.45) is 0 Å². The number of hydrogen-bond acceptors (Lipinski definition) is 4. The number of para-hydroxylation sites is 1.